The molecule has 0 unspecified atom stereocenters. The average Bonchev–Trinajstić information content (AvgIpc) is 3.52. The van der Waals surface area contributed by atoms with Gasteiger partial charge in [0.05, 0.1) is 23.0 Å². The molecule has 1 aliphatic rings. The van der Waals surface area contributed by atoms with Gasteiger partial charge in [-0.3, -0.25) is 0 Å². The standard InChI is InChI=1S/C27H17ClFN3O2S/c28-19-9-5-16(6-10-19)22-14-24(17-7-11-20(29)12-8-17)32(31-22)27-30-23(15-35-27)21-13-18-3-1-2-4-25(18)34-26(21)33/h1-13,15,24H,14H2/t24-/m0/s1. The Hall–Kier alpha value is -3.81. The minimum absolute atomic E-state index is 0.173. The normalized spacial score (nSPS) is 15.5. The Kier molecular flexibility index (Phi) is 5.43. The Bertz CT molecular complexity index is 1630. The summed E-state index contributed by atoms with van der Waals surface area (Å²) < 4.78 is 19.1. The number of nitrogens with zero attached hydrogens (tertiary/aromatic N) is 3. The summed E-state index contributed by atoms with van der Waals surface area (Å²) in [6.45, 7) is 0. The lowest BCUT2D eigenvalue weighted by atomic mass is 9.98. The summed E-state index contributed by atoms with van der Waals surface area (Å²) in [5, 5.41) is 10.7. The molecule has 0 spiro atoms. The second-order valence-corrected chi connectivity index (χ2v) is 9.44. The molecule has 0 N–H and O–H groups in total. The van der Waals surface area contributed by atoms with Gasteiger partial charge in [-0.15, -0.1) is 11.3 Å². The van der Waals surface area contributed by atoms with Crippen molar-refractivity contribution in [3.8, 4) is 11.3 Å². The predicted octanol–water partition coefficient (Wildman–Crippen LogP) is 7.06. The average molecular weight is 502 g/mol. The molecule has 0 bridgehead atoms. The van der Waals surface area contributed by atoms with E-state index in [0.717, 1.165) is 22.2 Å². The maximum absolute atomic E-state index is 13.6. The first-order valence-corrected chi connectivity index (χ1v) is 12.2. The zero-order valence-electron chi connectivity index (χ0n) is 18.2. The fourth-order valence-electron chi connectivity index (χ4n) is 4.18. The number of rotatable bonds is 4. The van der Waals surface area contributed by atoms with E-state index < -0.39 is 5.63 Å². The van der Waals surface area contributed by atoms with Crippen LogP contribution in [0.3, 0.4) is 0 Å². The van der Waals surface area contributed by atoms with Crippen molar-refractivity contribution in [1.82, 2.24) is 4.98 Å². The molecule has 0 fully saturated rings. The number of benzene rings is 3. The summed E-state index contributed by atoms with van der Waals surface area (Å²) in [6.07, 6.45) is 0.611. The number of fused-ring (bicyclic) bond motifs is 1. The van der Waals surface area contributed by atoms with E-state index in [9.17, 15) is 9.18 Å². The molecule has 1 atom stereocenters. The summed E-state index contributed by atoms with van der Waals surface area (Å²) in [6, 6.07) is 22.9. The van der Waals surface area contributed by atoms with E-state index in [1.807, 2.05) is 52.9 Å². The van der Waals surface area contributed by atoms with Crippen LogP contribution >= 0.6 is 22.9 Å². The summed E-state index contributed by atoms with van der Waals surface area (Å²) in [5.41, 5.74) is 3.75. The van der Waals surface area contributed by atoms with Gasteiger partial charge in [-0.05, 0) is 47.5 Å². The molecule has 35 heavy (non-hydrogen) atoms. The highest BCUT2D eigenvalue weighted by Crippen LogP contribution is 2.39. The zero-order chi connectivity index (χ0) is 23.9. The molecule has 0 saturated carbocycles. The molecule has 2 aromatic heterocycles. The van der Waals surface area contributed by atoms with Crippen LogP contribution in [0.1, 0.15) is 23.6 Å². The maximum Gasteiger partial charge on any atom is 0.345 e. The van der Waals surface area contributed by atoms with Gasteiger partial charge in [0.2, 0.25) is 5.13 Å². The van der Waals surface area contributed by atoms with E-state index in [1.54, 1.807) is 24.3 Å². The fraction of sp³-hybridized carbons (Fsp3) is 0.0741. The highest BCUT2D eigenvalue weighted by atomic mass is 35.5. The van der Waals surface area contributed by atoms with Crippen molar-refractivity contribution in [2.24, 2.45) is 5.10 Å². The number of hydrogen-bond acceptors (Lipinski definition) is 6. The molecule has 5 nitrogen and oxygen atoms in total. The maximum atomic E-state index is 13.6. The van der Waals surface area contributed by atoms with E-state index in [2.05, 4.69) is 0 Å². The van der Waals surface area contributed by atoms with Gasteiger partial charge in [0.15, 0.2) is 0 Å². The van der Waals surface area contributed by atoms with E-state index >= 15 is 0 Å². The number of hydrogen-bond donors (Lipinski definition) is 0. The number of para-hydroxylation sites is 1. The van der Waals surface area contributed by atoms with Gasteiger partial charge in [0.25, 0.3) is 0 Å². The lowest BCUT2D eigenvalue weighted by Crippen LogP contribution is -2.18. The molecule has 0 saturated heterocycles. The molecular formula is C27H17ClFN3O2S. The second-order valence-electron chi connectivity index (χ2n) is 8.17. The number of thiazole rings is 1. The first kappa shape index (κ1) is 21.7. The quantitative estimate of drug-likeness (QED) is 0.247. The zero-order valence-corrected chi connectivity index (χ0v) is 19.8. The van der Waals surface area contributed by atoms with Crippen LogP contribution in [0.4, 0.5) is 9.52 Å². The molecule has 0 aliphatic carbocycles. The number of hydrazone groups is 1. The Morgan fingerprint density at radius 1 is 1.03 bits per heavy atom. The summed E-state index contributed by atoms with van der Waals surface area (Å²) in [5.74, 6) is -0.295. The first-order chi connectivity index (χ1) is 17.0. The van der Waals surface area contributed by atoms with E-state index in [0.29, 0.717) is 33.4 Å². The topological polar surface area (TPSA) is 58.7 Å². The van der Waals surface area contributed by atoms with Gasteiger partial charge in [-0.2, -0.15) is 5.10 Å². The van der Waals surface area contributed by atoms with Crippen LogP contribution in [-0.2, 0) is 0 Å². The third-order valence-electron chi connectivity index (χ3n) is 5.95. The van der Waals surface area contributed by atoms with Gasteiger partial charge < -0.3 is 4.42 Å². The SMILES string of the molecule is O=c1oc2ccccc2cc1-c1csc(N2N=C(c3ccc(Cl)cc3)C[C@H]2c2ccc(F)cc2)n1. The minimum Gasteiger partial charge on any atom is -0.422 e. The van der Waals surface area contributed by atoms with Crippen molar-refractivity contribution in [3.05, 3.63) is 117 Å². The third-order valence-corrected chi connectivity index (χ3v) is 7.03. The first-order valence-electron chi connectivity index (χ1n) is 10.9. The van der Waals surface area contributed by atoms with Gasteiger partial charge in [0.1, 0.15) is 11.4 Å². The molecule has 3 heterocycles. The largest absolute Gasteiger partial charge is 0.422 e. The van der Waals surface area contributed by atoms with Crippen molar-refractivity contribution in [2.45, 2.75) is 12.5 Å². The van der Waals surface area contributed by atoms with E-state index in [4.69, 9.17) is 26.1 Å². The highest BCUT2D eigenvalue weighted by Gasteiger charge is 2.32. The third kappa shape index (κ3) is 4.13. The van der Waals surface area contributed by atoms with E-state index in [-0.39, 0.29) is 11.9 Å². The number of aromatic nitrogens is 1. The second kappa shape index (κ2) is 8.76. The van der Waals surface area contributed by atoms with E-state index in [1.165, 1.54) is 23.5 Å². The van der Waals surface area contributed by atoms with Crippen molar-refractivity contribution >= 4 is 44.8 Å². The van der Waals surface area contributed by atoms with Crippen LogP contribution < -0.4 is 10.6 Å². The van der Waals surface area contributed by atoms with Gasteiger partial charge >= 0.3 is 5.63 Å². The molecule has 0 radical (unpaired) electrons. The molecule has 3 aromatic carbocycles. The molecule has 6 rings (SSSR count). The van der Waals surface area contributed by atoms with Crippen LogP contribution in [0.5, 0.6) is 0 Å². The summed E-state index contributed by atoms with van der Waals surface area (Å²) >= 11 is 7.45. The van der Waals surface area contributed by atoms with Crippen LogP contribution in [0.15, 0.2) is 98.6 Å². The smallest absolute Gasteiger partial charge is 0.345 e. The van der Waals surface area contributed by atoms with Crippen molar-refractivity contribution < 1.29 is 8.81 Å². The summed E-state index contributed by atoms with van der Waals surface area (Å²) in [4.78, 5) is 17.4. The Morgan fingerprint density at radius 3 is 2.60 bits per heavy atom. The molecule has 172 valence electrons. The lowest BCUT2D eigenvalue weighted by molar-refractivity contribution is 0.563. The lowest BCUT2D eigenvalue weighted by Gasteiger charge is -2.21. The fourth-order valence-corrected chi connectivity index (χ4v) is 5.13. The minimum atomic E-state index is -0.442. The van der Waals surface area contributed by atoms with Gasteiger partial charge in [-0.25, -0.2) is 19.2 Å². The van der Waals surface area contributed by atoms with Crippen LogP contribution in [0.25, 0.3) is 22.2 Å². The molecule has 5 aromatic rings. The molecular weight excluding hydrogens is 485 g/mol. The predicted molar refractivity (Wildman–Crippen MR) is 138 cm³/mol. The Labute approximate surface area is 208 Å². The van der Waals surface area contributed by atoms with Crippen LogP contribution in [0, 0.1) is 5.82 Å². The Balaban J connectivity index is 1.41. The Morgan fingerprint density at radius 2 is 1.80 bits per heavy atom. The van der Waals surface area contributed by atoms with Crippen LogP contribution in [-0.4, -0.2) is 10.7 Å². The monoisotopic (exact) mass is 501 g/mol. The van der Waals surface area contributed by atoms with Crippen molar-refractivity contribution in [1.29, 1.82) is 0 Å². The van der Waals surface area contributed by atoms with Gasteiger partial charge in [-0.1, -0.05) is 54.1 Å². The van der Waals surface area contributed by atoms with Crippen molar-refractivity contribution in [2.75, 3.05) is 5.01 Å². The molecule has 8 heteroatoms. The number of anilines is 1. The molecule has 1 aliphatic heterocycles. The number of halogens is 2. The van der Waals surface area contributed by atoms with Gasteiger partial charge in [0, 0.05) is 22.2 Å². The highest BCUT2D eigenvalue weighted by molar-refractivity contribution is 7.14. The molecule has 0 amide bonds. The van der Waals surface area contributed by atoms with Crippen molar-refractivity contribution in [3.63, 3.8) is 0 Å². The summed E-state index contributed by atoms with van der Waals surface area (Å²) in [7, 11) is 0. The van der Waals surface area contributed by atoms with Crippen LogP contribution in [0.2, 0.25) is 5.02 Å².